The Kier molecular flexibility index (Phi) is 7.72. The van der Waals surface area contributed by atoms with E-state index in [-0.39, 0.29) is 11.5 Å². The third kappa shape index (κ3) is 6.51. The summed E-state index contributed by atoms with van der Waals surface area (Å²) in [5, 5.41) is 8.21. The van der Waals surface area contributed by atoms with E-state index in [2.05, 4.69) is 63.5 Å². The van der Waals surface area contributed by atoms with Gasteiger partial charge in [0.05, 0.1) is 35.2 Å². The molecule has 1 amide bonds. The Morgan fingerprint density at radius 1 is 1.00 bits per heavy atom. The first-order valence-corrected chi connectivity index (χ1v) is 12.9. The molecule has 0 radical (unpaired) electrons. The molecule has 0 aliphatic heterocycles. The SMILES string of the molecule is CN(C)CCN(C)Cc1ccc2[nH]c(-c3cc(NC(=O)c4cnn(Cc5ccccc5)c4)c[nH]c3=O)cc2c1. The van der Waals surface area contributed by atoms with Gasteiger partial charge in [0.2, 0.25) is 0 Å². The van der Waals surface area contributed by atoms with Gasteiger partial charge in [-0.2, -0.15) is 5.10 Å². The van der Waals surface area contributed by atoms with Crippen molar-refractivity contribution in [3.05, 3.63) is 106 Å². The number of nitrogens with one attached hydrogen (secondary N) is 3. The van der Waals surface area contributed by atoms with E-state index in [0.717, 1.165) is 36.1 Å². The fraction of sp³-hybridized carbons (Fsp3) is 0.233. The Bertz CT molecular complexity index is 1630. The molecule has 0 saturated carbocycles. The van der Waals surface area contributed by atoms with Crippen molar-refractivity contribution in [1.29, 1.82) is 0 Å². The molecule has 5 rings (SSSR count). The number of likely N-dealkylation sites (N-methyl/N-ethyl adjacent to an activating group) is 2. The first kappa shape index (κ1) is 26.1. The first-order chi connectivity index (χ1) is 18.8. The van der Waals surface area contributed by atoms with Gasteiger partial charge in [-0.05, 0) is 56.5 Å². The monoisotopic (exact) mass is 523 g/mol. The summed E-state index contributed by atoms with van der Waals surface area (Å²) < 4.78 is 1.72. The maximum Gasteiger partial charge on any atom is 0.258 e. The van der Waals surface area contributed by atoms with Crippen LogP contribution in [0.3, 0.4) is 0 Å². The summed E-state index contributed by atoms with van der Waals surface area (Å²) in [5.41, 5.74) is 5.09. The van der Waals surface area contributed by atoms with Crippen LogP contribution in [0.4, 0.5) is 5.69 Å². The predicted molar refractivity (Wildman–Crippen MR) is 155 cm³/mol. The fourth-order valence-electron chi connectivity index (χ4n) is 4.48. The van der Waals surface area contributed by atoms with Crippen LogP contribution >= 0.6 is 0 Å². The van der Waals surface area contributed by atoms with Crippen LogP contribution in [0.15, 0.2) is 84.0 Å². The van der Waals surface area contributed by atoms with Crippen LogP contribution < -0.4 is 10.9 Å². The summed E-state index contributed by atoms with van der Waals surface area (Å²) >= 11 is 0. The number of aromatic nitrogens is 4. The highest BCUT2D eigenvalue weighted by Gasteiger charge is 2.13. The lowest BCUT2D eigenvalue weighted by Gasteiger charge is -2.19. The quantitative estimate of drug-likeness (QED) is 0.257. The molecule has 3 aromatic heterocycles. The molecule has 0 fully saturated rings. The minimum atomic E-state index is -0.299. The second kappa shape index (κ2) is 11.5. The Hall–Kier alpha value is -4.47. The van der Waals surface area contributed by atoms with Crippen molar-refractivity contribution in [1.82, 2.24) is 29.5 Å². The molecule has 9 heteroatoms. The number of anilines is 1. The van der Waals surface area contributed by atoms with E-state index < -0.39 is 0 Å². The van der Waals surface area contributed by atoms with Crippen LogP contribution in [0.2, 0.25) is 0 Å². The molecule has 0 unspecified atom stereocenters. The van der Waals surface area contributed by atoms with Crippen LogP contribution in [-0.4, -0.2) is 69.7 Å². The Morgan fingerprint density at radius 2 is 1.82 bits per heavy atom. The van der Waals surface area contributed by atoms with Crippen molar-refractivity contribution >= 4 is 22.5 Å². The Morgan fingerprint density at radius 3 is 2.62 bits per heavy atom. The van der Waals surface area contributed by atoms with Crippen molar-refractivity contribution < 1.29 is 4.79 Å². The average Bonchev–Trinajstić information content (AvgIpc) is 3.56. The van der Waals surface area contributed by atoms with Gasteiger partial charge in [-0.3, -0.25) is 14.3 Å². The molecule has 0 spiro atoms. The van der Waals surface area contributed by atoms with E-state index in [1.807, 2.05) is 42.5 Å². The Labute approximate surface area is 227 Å². The average molecular weight is 524 g/mol. The van der Waals surface area contributed by atoms with Crippen molar-refractivity contribution in [3.63, 3.8) is 0 Å². The molecule has 39 heavy (non-hydrogen) atoms. The largest absolute Gasteiger partial charge is 0.354 e. The molecule has 3 heterocycles. The smallest absolute Gasteiger partial charge is 0.258 e. The summed E-state index contributed by atoms with van der Waals surface area (Å²) in [6.07, 6.45) is 4.75. The van der Waals surface area contributed by atoms with Gasteiger partial charge in [-0.1, -0.05) is 36.4 Å². The molecule has 3 N–H and O–H groups in total. The van der Waals surface area contributed by atoms with Crippen LogP contribution in [-0.2, 0) is 13.1 Å². The molecule has 5 aromatic rings. The number of hydrogen-bond donors (Lipinski definition) is 3. The summed E-state index contributed by atoms with van der Waals surface area (Å²) in [7, 11) is 6.26. The number of rotatable bonds is 10. The van der Waals surface area contributed by atoms with Crippen molar-refractivity contribution in [2.75, 3.05) is 39.5 Å². The highest BCUT2D eigenvalue weighted by atomic mass is 16.1. The van der Waals surface area contributed by atoms with Crippen LogP contribution in [0.25, 0.3) is 22.2 Å². The number of fused-ring (bicyclic) bond motifs is 1. The lowest BCUT2D eigenvalue weighted by molar-refractivity contribution is 0.102. The highest BCUT2D eigenvalue weighted by molar-refractivity contribution is 6.04. The summed E-state index contributed by atoms with van der Waals surface area (Å²) in [6, 6.07) is 19.9. The van der Waals surface area contributed by atoms with Crippen LogP contribution in [0, 0.1) is 0 Å². The van der Waals surface area contributed by atoms with E-state index in [4.69, 9.17) is 0 Å². The molecule has 0 saturated heterocycles. The topological polar surface area (TPSA) is 102 Å². The van der Waals surface area contributed by atoms with E-state index in [0.29, 0.717) is 29.1 Å². The summed E-state index contributed by atoms with van der Waals surface area (Å²) in [6.45, 7) is 3.39. The standard InChI is InChI=1S/C30H33N7O2/c1-35(2)11-12-36(3)18-22-9-10-27-23(13-22)14-28(34-27)26-15-25(17-31-30(26)39)33-29(38)24-16-32-37(20-24)19-21-7-5-4-6-8-21/h4-10,13-17,20,34H,11-12,18-19H2,1-3H3,(H,31,39)(H,33,38). The highest BCUT2D eigenvalue weighted by Crippen LogP contribution is 2.25. The Balaban J connectivity index is 1.30. The minimum Gasteiger partial charge on any atom is -0.354 e. The van der Waals surface area contributed by atoms with Gasteiger partial charge >= 0.3 is 0 Å². The third-order valence-corrected chi connectivity index (χ3v) is 6.60. The maximum absolute atomic E-state index is 12.9. The van der Waals surface area contributed by atoms with Gasteiger partial charge in [0.25, 0.3) is 11.5 Å². The summed E-state index contributed by atoms with van der Waals surface area (Å²) in [5.74, 6) is -0.299. The van der Waals surface area contributed by atoms with E-state index in [1.54, 1.807) is 16.9 Å². The molecule has 9 nitrogen and oxygen atoms in total. The molecule has 200 valence electrons. The van der Waals surface area contributed by atoms with Crippen LogP contribution in [0.1, 0.15) is 21.5 Å². The predicted octanol–water partition coefficient (Wildman–Crippen LogP) is 4.01. The van der Waals surface area contributed by atoms with E-state index in [9.17, 15) is 9.59 Å². The zero-order chi connectivity index (χ0) is 27.4. The molecule has 0 bridgehead atoms. The zero-order valence-electron chi connectivity index (χ0n) is 22.4. The van der Waals surface area contributed by atoms with Gasteiger partial charge in [0.1, 0.15) is 0 Å². The van der Waals surface area contributed by atoms with Crippen molar-refractivity contribution in [3.8, 4) is 11.3 Å². The molecule has 0 atom stereocenters. The number of nitrogens with zero attached hydrogens (tertiary/aromatic N) is 4. The zero-order valence-corrected chi connectivity index (χ0v) is 22.4. The number of aromatic amines is 2. The number of carbonyl (C=O) groups excluding carboxylic acids is 1. The number of benzene rings is 2. The number of H-pyrrole nitrogens is 2. The number of hydrogen-bond acceptors (Lipinski definition) is 5. The number of carbonyl (C=O) groups is 1. The molecular weight excluding hydrogens is 490 g/mol. The molecule has 0 aliphatic rings. The van der Waals surface area contributed by atoms with Gasteiger partial charge in [0.15, 0.2) is 0 Å². The van der Waals surface area contributed by atoms with Crippen LogP contribution in [0.5, 0.6) is 0 Å². The van der Waals surface area contributed by atoms with E-state index in [1.165, 1.54) is 18.0 Å². The normalized spacial score (nSPS) is 11.5. The number of amides is 1. The van der Waals surface area contributed by atoms with Crippen molar-refractivity contribution in [2.45, 2.75) is 13.1 Å². The second-order valence-electron chi connectivity index (χ2n) is 10.1. The third-order valence-electron chi connectivity index (χ3n) is 6.60. The molecular formula is C30H33N7O2. The molecule has 0 aliphatic carbocycles. The lowest BCUT2D eigenvalue weighted by atomic mass is 10.1. The maximum atomic E-state index is 12.9. The second-order valence-corrected chi connectivity index (χ2v) is 10.1. The van der Waals surface area contributed by atoms with Crippen molar-refractivity contribution in [2.24, 2.45) is 0 Å². The van der Waals surface area contributed by atoms with Gasteiger partial charge in [-0.15, -0.1) is 0 Å². The number of pyridine rings is 1. The van der Waals surface area contributed by atoms with Gasteiger partial charge in [0, 0.05) is 42.9 Å². The summed E-state index contributed by atoms with van der Waals surface area (Å²) in [4.78, 5) is 36.2. The first-order valence-electron chi connectivity index (χ1n) is 12.9. The molecule has 2 aromatic carbocycles. The lowest BCUT2D eigenvalue weighted by Crippen LogP contribution is -2.28. The van der Waals surface area contributed by atoms with E-state index >= 15 is 0 Å². The fourth-order valence-corrected chi connectivity index (χ4v) is 4.48. The minimum absolute atomic E-state index is 0.237. The van der Waals surface area contributed by atoms with Gasteiger partial charge in [-0.25, -0.2) is 0 Å². The van der Waals surface area contributed by atoms with Gasteiger partial charge < -0.3 is 25.1 Å².